The van der Waals surface area contributed by atoms with Crippen LogP contribution < -0.4 is 0 Å². The third kappa shape index (κ3) is 3.02. The molecule has 0 bridgehead atoms. The first kappa shape index (κ1) is 17.6. The summed E-state index contributed by atoms with van der Waals surface area (Å²) in [5, 5.41) is 11.0. The molecule has 0 fully saturated rings. The van der Waals surface area contributed by atoms with Crippen LogP contribution >= 0.6 is 0 Å². The van der Waals surface area contributed by atoms with Gasteiger partial charge in [-0.1, -0.05) is 29.8 Å². The normalized spacial score (nSPS) is 11.3. The third-order valence-electron chi connectivity index (χ3n) is 3.95. The Hall–Kier alpha value is -3.26. The number of hydrogen-bond donors (Lipinski definition) is 0. The van der Waals surface area contributed by atoms with Crippen molar-refractivity contribution < 1.29 is 18.1 Å². The molecule has 26 heavy (non-hydrogen) atoms. The lowest BCUT2D eigenvalue weighted by Gasteiger charge is -2.09. The number of carbonyl (C=O) groups excluding carboxylic acids is 1. The molecule has 3 aromatic rings. The molecule has 0 spiro atoms. The standard InChI is InChI=1S/C18H14N2O5S/c1-13-5-7-16(8-6-13)26(24,25)19-10-9-17(18(19)12-21)14-3-2-4-15(11-14)20(22)23/h2-12H,1H3. The Balaban J connectivity index is 2.15. The van der Waals surface area contributed by atoms with Crippen LogP contribution in [0.4, 0.5) is 5.69 Å². The van der Waals surface area contributed by atoms with E-state index >= 15 is 0 Å². The van der Waals surface area contributed by atoms with Crippen molar-refractivity contribution in [3.05, 3.63) is 82.2 Å². The molecule has 0 amide bonds. The molecule has 0 aliphatic carbocycles. The zero-order valence-corrected chi connectivity index (χ0v) is 14.5. The fourth-order valence-corrected chi connectivity index (χ4v) is 3.94. The number of aldehydes is 1. The summed E-state index contributed by atoms with van der Waals surface area (Å²) in [6, 6.07) is 13.4. The molecule has 0 aliphatic rings. The molecule has 1 aromatic heterocycles. The van der Waals surface area contributed by atoms with Crippen molar-refractivity contribution in [1.29, 1.82) is 0 Å². The van der Waals surface area contributed by atoms with E-state index in [1.165, 1.54) is 42.6 Å². The highest BCUT2D eigenvalue weighted by Crippen LogP contribution is 2.29. The zero-order chi connectivity index (χ0) is 18.9. The molecule has 2 aromatic carbocycles. The number of non-ortho nitro benzene ring substituents is 1. The van der Waals surface area contributed by atoms with Crippen LogP contribution in [-0.2, 0) is 10.0 Å². The molecule has 0 N–H and O–H groups in total. The quantitative estimate of drug-likeness (QED) is 0.389. The van der Waals surface area contributed by atoms with Gasteiger partial charge in [0.05, 0.1) is 9.82 Å². The number of nitrogens with zero attached hydrogens (tertiary/aromatic N) is 2. The first-order chi connectivity index (χ1) is 12.3. The van der Waals surface area contributed by atoms with E-state index in [-0.39, 0.29) is 16.3 Å². The summed E-state index contributed by atoms with van der Waals surface area (Å²) in [6.07, 6.45) is 1.70. The number of aromatic nitrogens is 1. The van der Waals surface area contributed by atoms with E-state index < -0.39 is 14.9 Å². The molecule has 0 atom stereocenters. The van der Waals surface area contributed by atoms with Gasteiger partial charge in [0, 0.05) is 23.9 Å². The number of aryl methyl sites for hydroxylation is 1. The van der Waals surface area contributed by atoms with Gasteiger partial charge in [-0.15, -0.1) is 0 Å². The number of hydrogen-bond acceptors (Lipinski definition) is 5. The van der Waals surface area contributed by atoms with Gasteiger partial charge in [-0.25, -0.2) is 12.4 Å². The Morgan fingerprint density at radius 2 is 1.77 bits per heavy atom. The van der Waals surface area contributed by atoms with Gasteiger partial charge in [0.1, 0.15) is 5.69 Å². The second-order valence-corrected chi connectivity index (χ2v) is 7.47. The Morgan fingerprint density at radius 3 is 2.38 bits per heavy atom. The highest BCUT2D eigenvalue weighted by Gasteiger charge is 2.23. The summed E-state index contributed by atoms with van der Waals surface area (Å²) in [6.45, 7) is 1.84. The second-order valence-electron chi connectivity index (χ2n) is 5.65. The van der Waals surface area contributed by atoms with Crippen LogP contribution in [0.2, 0.25) is 0 Å². The van der Waals surface area contributed by atoms with Crippen LogP contribution in [0.3, 0.4) is 0 Å². The van der Waals surface area contributed by atoms with Crippen molar-refractivity contribution in [2.45, 2.75) is 11.8 Å². The van der Waals surface area contributed by atoms with Crippen LogP contribution in [0, 0.1) is 17.0 Å². The van der Waals surface area contributed by atoms with Crippen LogP contribution in [0.5, 0.6) is 0 Å². The minimum atomic E-state index is -3.96. The molecular weight excluding hydrogens is 356 g/mol. The lowest BCUT2D eigenvalue weighted by molar-refractivity contribution is -0.384. The Kier molecular flexibility index (Phi) is 4.43. The molecule has 0 saturated carbocycles. The Morgan fingerprint density at radius 1 is 1.08 bits per heavy atom. The van der Waals surface area contributed by atoms with Crippen molar-refractivity contribution in [2.75, 3.05) is 0 Å². The summed E-state index contributed by atoms with van der Waals surface area (Å²) < 4.78 is 26.6. The molecule has 132 valence electrons. The number of nitro benzene ring substituents is 1. The van der Waals surface area contributed by atoms with E-state index in [0.29, 0.717) is 17.4 Å². The molecule has 8 heteroatoms. The molecule has 3 rings (SSSR count). The Labute approximate surface area is 149 Å². The summed E-state index contributed by atoms with van der Waals surface area (Å²) in [5.41, 5.74) is 1.36. The van der Waals surface area contributed by atoms with Gasteiger partial charge in [0.25, 0.3) is 15.7 Å². The number of nitro groups is 1. The predicted molar refractivity (Wildman–Crippen MR) is 95.7 cm³/mol. The zero-order valence-electron chi connectivity index (χ0n) is 13.7. The van der Waals surface area contributed by atoms with Crippen molar-refractivity contribution in [2.24, 2.45) is 0 Å². The average molecular weight is 370 g/mol. The van der Waals surface area contributed by atoms with E-state index in [4.69, 9.17) is 0 Å². The fourth-order valence-electron chi connectivity index (χ4n) is 2.61. The summed E-state index contributed by atoms with van der Waals surface area (Å²) in [5.74, 6) is 0. The van der Waals surface area contributed by atoms with E-state index in [0.717, 1.165) is 9.54 Å². The van der Waals surface area contributed by atoms with Gasteiger partial charge in [0.2, 0.25) is 0 Å². The van der Waals surface area contributed by atoms with Crippen molar-refractivity contribution in [1.82, 2.24) is 3.97 Å². The molecule has 0 radical (unpaired) electrons. The first-order valence-electron chi connectivity index (χ1n) is 7.58. The molecule has 0 aliphatic heterocycles. The van der Waals surface area contributed by atoms with Crippen molar-refractivity contribution in [3.8, 4) is 11.1 Å². The maximum absolute atomic E-state index is 12.8. The topological polar surface area (TPSA) is 99.3 Å². The number of benzene rings is 2. The Bertz CT molecular complexity index is 1100. The minimum Gasteiger partial charge on any atom is -0.296 e. The monoisotopic (exact) mass is 370 g/mol. The average Bonchev–Trinajstić information content (AvgIpc) is 3.07. The third-order valence-corrected chi connectivity index (χ3v) is 5.65. The highest BCUT2D eigenvalue weighted by atomic mass is 32.2. The van der Waals surface area contributed by atoms with Crippen LogP contribution in [0.15, 0.2) is 65.7 Å². The largest absolute Gasteiger partial charge is 0.296 e. The van der Waals surface area contributed by atoms with Crippen LogP contribution in [0.1, 0.15) is 16.1 Å². The van der Waals surface area contributed by atoms with E-state index in [9.17, 15) is 23.3 Å². The molecule has 0 unspecified atom stereocenters. The van der Waals surface area contributed by atoms with Gasteiger partial charge in [-0.05, 0) is 30.7 Å². The van der Waals surface area contributed by atoms with Crippen LogP contribution in [0.25, 0.3) is 11.1 Å². The van der Waals surface area contributed by atoms with Crippen molar-refractivity contribution >= 4 is 22.0 Å². The van der Waals surface area contributed by atoms with Gasteiger partial charge < -0.3 is 0 Å². The van der Waals surface area contributed by atoms with Gasteiger partial charge in [-0.2, -0.15) is 0 Å². The van der Waals surface area contributed by atoms with Gasteiger partial charge in [-0.3, -0.25) is 14.9 Å². The maximum Gasteiger partial charge on any atom is 0.270 e. The van der Waals surface area contributed by atoms with E-state index in [1.54, 1.807) is 18.2 Å². The number of rotatable bonds is 5. The fraction of sp³-hybridized carbons (Fsp3) is 0.0556. The number of carbonyl (C=O) groups is 1. The molecular formula is C18H14N2O5S. The second kappa shape index (κ2) is 6.57. The summed E-state index contributed by atoms with van der Waals surface area (Å²) in [4.78, 5) is 22.1. The SMILES string of the molecule is Cc1ccc(S(=O)(=O)n2ccc(-c3cccc([N+](=O)[O-])c3)c2C=O)cc1. The van der Waals surface area contributed by atoms with E-state index in [1.807, 2.05) is 6.92 Å². The lowest BCUT2D eigenvalue weighted by Crippen LogP contribution is -2.15. The molecule has 1 heterocycles. The smallest absolute Gasteiger partial charge is 0.270 e. The first-order valence-corrected chi connectivity index (χ1v) is 9.02. The van der Waals surface area contributed by atoms with E-state index in [2.05, 4.69) is 0 Å². The van der Waals surface area contributed by atoms with Crippen LogP contribution in [-0.4, -0.2) is 23.6 Å². The van der Waals surface area contributed by atoms with Gasteiger partial charge in [0.15, 0.2) is 6.29 Å². The minimum absolute atomic E-state index is 0.0485. The predicted octanol–water partition coefficient (Wildman–Crippen LogP) is 3.42. The summed E-state index contributed by atoms with van der Waals surface area (Å²) in [7, 11) is -3.96. The molecule has 7 nitrogen and oxygen atoms in total. The van der Waals surface area contributed by atoms with Gasteiger partial charge >= 0.3 is 0 Å². The van der Waals surface area contributed by atoms with Crippen molar-refractivity contribution in [3.63, 3.8) is 0 Å². The lowest BCUT2D eigenvalue weighted by atomic mass is 10.1. The maximum atomic E-state index is 12.8. The molecule has 0 saturated heterocycles. The highest BCUT2D eigenvalue weighted by molar-refractivity contribution is 7.90. The summed E-state index contributed by atoms with van der Waals surface area (Å²) >= 11 is 0.